The second-order valence-corrected chi connectivity index (χ2v) is 11.1. The van der Waals surface area contributed by atoms with E-state index in [1.807, 2.05) is 0 Å². The van der Waals surface area contributed by atoms with Gasteiger partial charge in [-0.1, -0.05) is 94.7 Å². The molecule has 0 fully saturated rings. The third-order valence-corrected chi connectivity index (χ3v) is 8.72. The molecule has 0 radical (unpaired) electrons. The maximum atomic E-state index is 2.46. The molecule has 4 aromatic carbocycles. The Balaban J connectivity index is 1.27. The van der Waals surface area contributed by atoms with Gasteiger partial charge in [0.2, 0.25) is 0 Å². The normalized spacial score (nSPS) is 12.2. The first-order valence-corrected chi connectivity index (χ1v) is 14.5. The molecule has 2 heteroatoms. The first-order valence-electron chi connectivity index (χ1n) is 14.5. The average Bonchev–Trinajstić information content (AvgIpc) is 3.46. The first kappa shape index (κ1) is 24.1. The molecule has 0 unspecified atom stereocenters. The molecule has 6 aromatic rings. The number of benzene rings is 4. The van der Waals surface area contributed by atoms with Gasteiger partial charge in [0.15, 0.2) is 0 Å². The van der Waals surface area contributed by atoms with Crippen molar-refractivity contribution in [1.82, 2.24) is 9.13 Å². The zero-order chi connectivity index (χ0) is 25.4. The average molecular weight is 489 g/mol. The summed E-state index contributed by atoms with van der Waals surface area (Å²) >= 11 is 0. The molecule has 0 atom stereocenters. The van der Waals surface area contributed by atoms with Gasteiger partial charge in [0.1, 0.15) is 0 Å². The summed E-state index contributed by atoms with van der Waals surface area (Å²) in [5, 5.41) is 10.9. The lowest BCUT2D eigenvalue weighted by molar-refractivity contribution is 0.562. The van der Waals surface area contributed by atoms with E-state index in [9.17, 15) is 0 Å². The molecule has 0 N–H and O–H groups in total. The van der Waals surface area contributed by atoms with Crippen LogP contribution in [0.5, 0.6) is 0 Å². The Hall–Kier alpha value is -3.26. The molecular formula is C35H40N2. The van der Waals surface area contributed by atoms with Crippen LogP contribution in [-0.4, -0.2) is 9.13 Å². The molecule has 0 bridgehead atoms. The summed E-state index contributed by atoms with van der Waals surface area (Å²) < 4.78 is 4.63. The molecule has 0 saturated heterocycles. The van der Waals surface area contributed by atoms with Crippen LogP contribution in [-0.2, 0) is 20.5 Å². The van der Waals surface area contributed by atoms with E-state index in [1.54, 1.807) is 0 Å². The van der Waals surface area contributed by atoms with Crippen molar-refractivity contribution in [1.29, 1.82) is 0 Å². The van der Waals surface area contributed by atoms with Crippen LogP contribution >= 0.6 is 0 Å². The quantitative estimate of drug-likeness (QED) is 0.134. The fourth-order valence-electron chi connectivity index (χ4n) is 6.53. The third kappa shape index (κ3) is 4.31. The van der Waals surface area contributed by atoms with Crippen molar-refractivity contribution in [3.8, 4) is 0 Å². The van der Waals surface area contributed by atoms with E-state index >= 15 is 0 Å². The van der Waals surface area contributed by atoms with Gasteiger partial charge in [0, 0.05) is 47.8 Å². The number of hydrogen-bond acceptors (Lipinski definition) is 0. The van der Waals surface area contributed by atoms with Gasteiger partial charge >= 0.3 is 0 Å². The van der Waals surface area contributed by atoms with Crippen LogP contribution in [0.2, 0.25) is 0 Å². The Bertz CT molecular complexity index is 1710. The van der Waals surface area contributed by atoms with Crippen LogP contribution < -0.4 is 0 Å². The van der Waals surface area contributed by atoms with E-state index in [2.05, 4.69) is 97.0 Å². The number of nitrogens with zero attached hydrogens (tertiary/aromatic N) is 2. The third-order valence-electron chi connectivity index (χ3n) is 8.72. The molecule has 0 spiro atoms. The van der Waals surface area contributed by atoms with Crippen LogP contribution in [0.4, 0.5) is 0 Å². The molecule has 2 heterocycles. The maximum absolute atomic E-state index is 2.46. The summed E-state index contributed by atoms with van der Waals surface area (Å²) in [6, 6.07) is 23.3. The van der Waals surface area contributed by atoms with Crippen molar-refractivity contribution < 1.29 is 0 Å². The predicted molar refractivity (Wildman–Crippen MR) is 163 cm³/mol. The fraction of sp³-hybridized carbons (Fsp3) is 0.371. The standard InChI is InChI=1S/C35H40N2/c1-4-5-6-7-8-9-10-11-12-13-25-24-33-31-17-15-26-27(29(31)19-21-35(33)37(25)3)14-16-30-28(26)18-20-34-32(30)22-23-36(34)2/h14-24H,4-13H2,1-3H3. The molecule has 0 saturated carbocycles. The summed E-state index contributed by atoms with van der Waals surface area (Å²) in [5.41, 5.74) is 4.11. The lowest BCUT2D eigenvalue weighted by atomic mass is 9.94. The van der Waals surface area contributed by atoms with Gasteiger partial charge in [-0.25, -0.2) is 0 Å². The van der Waals surface area contributed by atoms with Gasteiger partial charge in [-0.2, -0.15) is 0 Å². The van der Waals surface area contributed by atoms with Gasteiger partial charge in [-0.3, -0.25) is 0 Å². The van der Waals surface area contributed by atoms with Crippen molar-refractivity contribution in [2.24, 2.45) is 14.1 Å². The summed E-state index contributed by atoms with van der Waals surface area (Å²) in [7, 11) is 4.37. The predicted octanol–water partition coefficient (Wildman–Crippen LogP) is 10.2. The van der Waals surface area contributed by atoms with Gasteiger partial charge in [-0.05, 0) is 69.4 Å². The molecule has 0 aliphatic carbocycles. The van der Waals surface area contributed by atoms with Gasteiger partial charge in [0.25, 0.3) is 0 Å². The summed E-state index contributed by atoms with van der Waals surface area (Å²) in [6.45, 7) is 2.29. The second kappa shape index (κ2) is 10.2. The van der Waals surface area contributed by atoms with Crippen LogP contribution in [0.3, 0.4) is 0 Å². The minimum Gasteiger partial charge on any atom is -0.351 e. The van der Waals surface area contributed by atoms with E-state index < -0.39 is 0 Å². The highest BCUT2D eigenvalue weighted by molar-refractivity contribution is 6.24. The highest BCUT2D eigenvalue weighted by Gasteiger charge is 2.13. The molecular weight excluding hydrogens is 448 g/mol. The minimum absolute atomic E-state index is 1.17. The Morgan fingerprint density at radius 1 is 0.486 bits per heavy atom. The fourth-order valence-corrected chi connectivity index (χ4v) is 6.53. The number of fused-ring (bicyclic) bond motifs is 9. The minimum atomic E-state index is 1.17. The monoisotopic (exact) mass is 488 g/mol. The van der Waals surface area contributed by atoms with Crippen molar-refractivity contribution >= 4 is 54.1 Å². The molecule has 37 heavy (non-hydrogen) atoms. The summed E-state index contributed by atoms with van der Waals surface area (Å²) in [4.78, 5) is 0. The Kier molecular flexibility index (Phi) is 6.67. The number of hydrogen-bond donors (Lipinski definition) is 0. The van der Waals surface area contributed by atoms with Crippen molar-refractivity contribution in [3.63, 3.8) is 0 Å². The van der Waals surface area contributed by atoms with Crippen molar-refractivity contribution in [3.05, 3.63) is 72.6 Å². The SMILES string of the molecule is CCCCCCCCCCCc1cc2c3ccc4c(ccc5c4ccc4c5ccn4C)c3ccc2n1C. The lowest BCUT2D eigenvalue weighted by Gasteiger charge is -2.10. The van der Waals surface area contributed by atoms with E-state index in [1.165, 1.54) is 124 Å². The Morgan fingerprint density at radius 2 is 0.973 bits per heavy atom. The molecule has 2 nitrogen and oxygen atoms in total. The number of unbranched alkanes of at least 4 members (excludes halogenated alkanes) is 8. The van der Waals surface area contributed by atoms with Gasteiger partial charge in [-0.15, -0.1) is 0 Å². The van der Waals surface area contributed by atoms with Crippen LogP contribution in [0, 0.1) is 0 Å². The molecule has 2 aromatic heterocycles. The van der Waals surface area contributed by atoms with Crippen LogP contribution in [0.25, 0.3) is 54.1 Å². The van der Waals surface area contributed by atoms with E-state index in [-0.39, 0.29) is 0 Å². The topological polar surface area (TPSA) is 9.86 Å². The maximum Gasteiger partial charge on any atom is 0.0486 e. The van der Waals surface area contributed by atoms with Crippen molar-refractivity contribution in [2.45, 2.75) is 71.1 Å². The Labute approximate surface area is 220 Å². The first-order chi connectivity index (χ1) is 18.2. The smallest absolute Gasteiger partial charge is 0.0486 e. The highest BCUT2D eigenvalue weighted by atomic mass is 14.9. The molecule has 0 amide bonds. The van der Waals surface area contributed by atoms with Crippen LogP contribution in [0.15, 0.2) is 66.9 Å². The van der Waals surface area contributed by atoms with E-state index in [0.29, 0.717) is 0 Å². The molecule has 0 aliphatic rings. The second-order valence-electron chi connectivity index (χ2n) is 11.1. The van der Waals surface area contributed by atoms with Gasteiger partial charge < -0.3 is 9.13 Å². The van der Waals surface area contributed by atoms with Crippen molar-refractivity contribution in [2.75, 3.05) is 0 Å². The number of aryl methyl sites for hydroxylation is 3. The molecule has 0 aliphatic heterocycles. The van der Waals surface area contributed by atoms with Gasteiger partial charge in [0.05, 0.1) is 0 Å². The number of aromatic nitrogens is 2. The zero-order valence-electron chi connectivity index (χ0n) is 22.8. The van der Waals surface area contributed by atoms with E-state index in [0.717, 1.165) is 0 Å². The molecule has 190 valence electrons. The number of rotatable bonds is 10. The van der Waals surface area contributed by atoms with Crippen LogP contribution in [0.1, 0.15) is 70.4 Å². The molecule has 6 rings (SSSR count). The summed E-state index contributed by atoms with van der Waals surface area (Å²) in [5.74, 6) is 0. The largest absolute Gasteiger partial charge is 0.351 e. The highest BCUT2D eigenvalue weighted by Crippen LogP contribution is 2.37. The lowest BCUT2D eigenvalue weighted by Crippen LogP contribution is -1.96. The van der Waals surface area contributed by atoms with E-state index in [4.69, 9.17) is 0 Å². The Morgan fingerprint density at radius 3 is 1.59 bits per heavy atom. The zero-order valence-corrected chi connectivity index (χ0v) is 22.8. The summed E-state index contributed by atoms with van der Waals surface area (Å²) in [6.07, 6.45) is 15.8.